The lowest BCUT2D eigenvalue weighted by molar-refractivity contribution is -0.167. The number of rotatable bonds is 65. The van der Waals surface area contributed by atoms with Crippen molar-refractivity contribution in [2.75, 3.05) is 13.2 Å². The second-order valence-corrected chi connectivity index (χ2v) is 23.8. The van der Waals surface area contributed by atoms with Gasteiger partial charge in [-0.25, -0.2) is 0 Å². The molecule has 6 heteroatoms. The Kier molecular flexibility index (Phi) is 65.6. The Morgan fingerprint density at radius 2 is 0.494 bits per heavy atom. The van der Waals surface area contributed by atoms with Crippen molar-refractivity contribution in [1.82, 2.24) is 0 Å². The van der Waals surface area contributed by atoms with E-state index >= 15 is 0 Å². The average molecular weight is 1110 g/mol. The lowest BCUT2D eigenvalue weighted by atomic mass is 10.0. The number of carbonyl (C=O) groups is 3. The second kappa shape index (κ2) is 67.9. The van der Waals surface area contributed by atoms with E-state index < -0.39 is 6.10 Å². The van der Waals surface area contributed by atoms with Gasteiger partial charge in [-0.1, -0.05) is 352 Å². The molecule has 0 N–H and O–H groups in total. The first kappa shape index (κ1) is 76.4. The fourth-order valence-corrected chi connectivity index (χ4v) is 10.6. The molecule has 0 saturated carbocycles. The predicted octanol–water partition coefficient (Wildman–Crippen LogP) is 24.1. The topological polar surface area (TPSA) is 78.9 Å². The fourth-order valence-electron chi connectivity index (χ4n) is 10.6. The van der Waals surface area contributed by atoms with E-state index in [0.717, 1.165) is 83.5 Å². The summed E-state index contributed by atoms with van der Waals surface area (Å²) in [6.07, 6.45) is 86.1. The zero-order chi connectivity index (χ0) is 57.1. The quantitative estimate of drug-likeness (QED) is 0.0261. The SMILES string of the molecule is CC/C=C\C/C=C\C/C=C\C/C=C\CCCCCCCCCCCCCCCCCCCCCCCCC(=O)OCC(COC(=O)CCCCCCCCC)OC(=O)CCCCCCCCCCCCCCCCCCCCC. The molecule has 0 saturated heterocycles. The lowest BCUT2D eigenvalue weighted by Gasteiger charge is -2.18. The van der Waals surface area contributed by atoms with Gasteiger partial charge in [-0.2, -0.15) is 0 Å². The summed E-state index contributed by atoms with van der Waals surface area (Å²) in [6.45, 7) is 6.55. The molecule has 0 radical (unpaired) electrons. The van der Waals surface area contributed by atoms with Gasteiger partial charge in [0.25, 0.3) is 0 Å². The molecule has 0 aromatic carbocycles. The van der Waals surface area contributed by atoms with E-state index in [-0.39, 0.29) is 31.1 Å². The van der Waals surface area contributed by atoms with Crippen molar-refractivity contribution in [3.05, 3.63) is 48.6 Å². The van der Waals surface area contributed by atoms with Crippen LogP contribution in [0.15, 0.2) is 48.6 Å². The summed E-state index contributed by atoms with van der Waals surface area (Å²) >= 11 is 0. The molecule has 0 fully saturated rings. The Labute approximate surface area is 492 Å². The first-order valence-corrected chi connectivity index (χ1v) is 35.1. The van der Waals surface area contributed by atoms with Crippen LogP contribution in [0.1, 0.15) is 380 Å². The van der Waals surface area contributed by atoms with E-state index in [1.165, 1.54) is 257 Å². The highest BCUT2D eigenvalue weighted by atomic mass is 16.6. The van der Waals surface area contributed by atoms with Crippen molar-refractivity contribution in [3.8, 4) is 0 Å². The molecule has 0 heterocycles. The Bertz CT molecular complexity index is 1360. The molecule has 0 rings (SSSR count). The van der Waals surface area contributed by atoms with Crippen LogP contribution in [0.2, 0.25) is 0 Å². The van der Waals surface area contributed by atoms with Gasteiger partial charge < -0.3 is 14.2 Å². The second-order valence-electron chi connectivity index (χ2n) is 23.8. The van der Waals surface area contributed by atoms with Gasteiger partial charge in [-0.05, 0) is 57.8 Å². The molecular weight excluding hydrogens is 973 g/mol. The molecule has 1 unspecified atom stereocenters. The number of hydrogen-bond donors (Lipinski definition) is 0. The predicted molar refractivity (Wildman–Crippen MR) is 344 cm³/mol. The molecule has 0 aliphatic carbocycles. The molecular formula is C73H134O6. The molecule has 0 aromatic rings. The molecule has 0 aromatic heterocycles. The number of unbranched alkanes of at least 4 members (excludes halogenated alkanes) is 46. The fraction of sp³-hybridized carbons (Fsp3) is 0.849. The standard InChI is InChI=1S/C73H134O6/c1-4-7-10-13-16-18-20-22-24-26-28-29-30-31-32-33-34-35-36-37-38-39-40-41-42-43-45-46-48-50-52-54-57-60-63-66-72(75)78-69-70(68-77-71(74)65-62-59-56-15-12-9-6-3)79-73(76)67-64-61-58-55-53-51-49-47-44-27-25-23-21-19-17-14-11-8-5-2/h7,10,16,18,22,24,28-29,70H,4-6,8-9,11-15,17,19-21,23,25-27,30-69H2,1-3H3/b10-7-,18-16-,24-22-,29-28-. The van der Waals surface area contributed by atoms with Crippen LogP contribution >= 0.6 is 0 Å². The Morgan fingerprint density at radius 1 is 0.266 bits per heavy atom. The summed E-state index contributed by atoms with van der Waals surface area (Å²) < 4.78 is 16.9. The van der Waals surface area contributed by atoms with Crippen LogP contribution in [0.3, 0.4) is 0 Å². The third-order valence-electron chi connectivity index (χ3n) is 15.8. The van der Waals surface area contributed by atoms with Gasteiger partial charge in [0.05, 0.1) is 0 Å². The van der Waals surface area contributed by atoms with Gasteiger partial charge in [-0.3, -0.25) is 14.4 Å². The number of esters is 3. The Balaban J connectivity index is 3.94. The van der Waals surface area contributed by atoms with E-state index in [1.54, 1.807) is 0 Å². The maximum Gasteiger partial charge on any atom is 0.306 e. The molecule has 0 aliphatic heterocycles. The van der Waals surface area contributed by atoms with E-state index in [9.17, 15) is 14.4 Å². The van der Waals surface area contributed by atoms with E-state index in [2.05, 4.69) is 69.4 Å². The largest absolute Gasteiger partial charge is 0.462 e. The zero-order valence-corrected chi connectivity index (χ0v) is 53.2. The summed E-state index contributed by atoms with van der Waals surface area (Å²) in [6, 6.07) is 0. The third kappa shape index (κ3) is 66.1. The molecule has 0 spiro atoms. The van der Waals surface area contributed by atoms with Crippen molar-refractivity contribution < 1.29 is 28.6 Å². The molecule has 6 nitrogen and oxygen atoms in total. The number of ether oxygens (including phenoxy) is 3. The summed E-state index contributed by atoms with van der Waals surface area (Å²) in [4.78, 5) is 38.1. The first-order chi connectivity index (χ1) is 39.0. The van der Waals surface area contributed by atoms with Crippen LogP contribution in [0.5, 0.6) is 0 Å². The number of carbonyl (C=O) groups excluding carboxylic acids is 3. The van der Waals surface area contributed by atoms with Crippen molar-refractivity contribution in [1.29, 1.82) is 0 Å². The Hall–Kier alpha value is -2.63. The molecule has 0 aliphatic rings. The van der Waals surface area contributed by atoms with E-state index in [1.807, 2.05) is 0 Å². The van der Waals surface area contributed by atoms with Gasteiger partial charge in [0.15, 0.2) is 6.10 Å². The molecule has 79 heavy (non-hydrogen) atoms. The minimum Gasteiger partial charge on any atom is -0.462 e. The first-order valence-electron chi connectivity index (χ1n) is 35.1. The Morgan fingerprint density at radius 3 is 0.772 bits per heavy atom. The maximum absolute atomic E-state index is 12.9. The monoisotopic (exact) mass is 1110 g/mol. The minimum atomic E-state index is -0.765. The summed E-state index contributed by atoms with van der Waals surface area (Å²) in [5, 5.41) is 0. The summed E-state index contributed by atoms with van der Waals surface area (Å²) in [5.41, 5.74) is 0. The van der Waals surface area contributed by atoms with Gasteiger partial charge in [-0.15, -0.1) is 0 Å². The lowest BCUT2D eigenvalue weighted by Crippen LogP contribution is -2.30. The average Bonchev–Trinajstić information content (AvgIpc) is 3.45. The summed E-state index contributed by atoms with van der Waals surface area (Å²) in [7, 11) is 0. The van der Waals surface area contributed by atoms with Gasteiger partial charge in [0.2, 0.25) is 0 Å². The van der Waals surface area contributed by atoms with Crippen LogP contribution in [0.4, 0.5) is 0 Å². The van der Waals surface area contributed by atoms with Crippen molar-refractivity contribution >= 4 is 17.9 Å². The van der Waals surface area contributed by atoms with E-state index in [0.29, 0.717) is 19.3 Å². The normalized spacial score (nSPS) is 12.3. The van der Waals surface area contributed by atoms with Crippen molar-refractivity contribution in [2.24, 2.45) is 0 Å². The molecule has 0 amide bonds. The molecule has 462 valence electrons. The van der Waals surface area contributed by atoms with Crippen LogP contribution in [-0.2, 0) is 28.6 Å². The van der Waals surface area contributed by atoms with Gasteiger partial charge in [0, 0.05) is 19.3 Å². The third-order valence-corrected chi connectivity index (χ3v) is 15.8. The smallest absolute Gasteiger partial charge is 0.306 e. The number of hydrogen-bond acceptors (Lipinski definition) is 6. The van der Waals surface area contributed by atoms with Gasteiger partial charge >= 0.3 is 17.9 Å². The van der Waals surface area contributed by atoms with Crippen LogP contribution in [0, 0.1) is 0 Å². The van der Waals surface area contributed by atoms with Gasteiger partial charge in [0.1, 0.15) is 13.2 Å². The van der Waals surface area contributed by atoms with Crippen molar-refractivity contribution in [2.45, 2.75) is 386 Å². The van der Waals surface area contributed by atoms with Crippen LogP contribution < -0.4 is 0 Å². The maximum atomic E-state index is 12.9. The van der Waals surface area contributed by atoms with Crippen LogP contribution in [-0.4, -0.2) is 37.2 Å². The highest BCUT2D eigenvalue weighted by Gasteiger charge is 2.19. The van der Waals surface area contributed by atoms with E-state index in [4.69, 9.17) is 14.2 Å². The number of allylic oxidation sites excluding steroid dienone is 8. The van der Waals surface area contributed by atoms with Crippen molar-refractivity contribution in [3.63, 3.8) is 0 Å². The molecule has 0 bridgehead atoms. The van der Waals surface area contributed by atoms with Crippen LogP contribution in [0.25, 0.3) is 0 Å². The minimum absolute atomic E-state index is 0.0651. The molecule has 1 atom stereocenters. The zero-order valence-electron chi connectivity index (χ0n) is 53.2. The highest BCUT2D eigenvalue weighted by molar-refractivity contribution is 5.71. The highest BCUT2D eigenvalue weighted by Crippen LogP contribution is 2.19. The summed E-state index contributed by atoms with van der Waals surface area (Å²) in [5.74, 6) is -0.844.